The molecule has 18 amide bonds. The van der Waals surface area contributed by atoms with E-state index in [2.05, 4.69) is 95.4 Å². The molecular weight excluding hydrogens is 1860 g/mol. The van der Waals surface area contributed by atoms with Gasteiger partial charge in [-0.2, -0.15) is 0 Å². The monoisotopic (exact) mass is 2020 g/mol. The third-order valence-electron chi connectivity index (χ3n) is 23.0. The molecule has 0 aromatic heterocycles. The Hall–Kier alpha value is -12.3. The van der Waals surface area contributed by atoms with Gasteiger partial charge in [0.25, 0.3) is 0 Å². The van der Waals surface area contributed by atoms with Crippen LogP contribution in [0.25, 0.3) is 0 Å². The summed E-state index contributed by atoms with van der Waals surface area (Å²) in [4.78, 5) is 282. The molecule has 0 bridgehead atoms. The molecule has 804 valence electrons. The summed E-state index contributed by atoms with van der Waals surface area (Å²) < 4.78 is 0. The standard InChI is InChI=1S/C93H161N23O26/c1-20-50(15)71(89(138)109-62(39-47(9)10)82(131)114-74(53(18)119)91(140)113-72(51(16)21-2)88(137)104-57(31-27-35-99-93(97)98)78(127)105-61(38-46(7)8)83(132)116-75(54(19)120)92(141)142)112-85(134)64(41-66(95)121)101-67(122)42-100-76(125)65(43-117)110-87(136)70(49(13)14)111-90(139)73(52(17)118)115-84(133)63(40-55-28-23-22-24-29-55)107-79(128)58(32-33-68(123)124)103-77(126)56(30-25-26-34-94)102-80(129)59(36-44(3)4)106-81(130)60(37-45(5)6)108-86(135)69(96)48(11)12/h22-24,28-29,44-54,56-65,69-75,117-120H,20-21,25-27,30-43,94,96H2,1-19H3,(H2,95,121)(H,100,125)(H,101,122)(H,102,129)(H,103,126)(H,104,137)(H,105,127)(H,106,130)(H,107,128)(H,108,135)(H,109,138)(H,110,136)(H,111,139)(H,112,134)(H,113,140)(H,114,131)(H,115,133)(H,116,132)(H,123,124)(H,141,142)(H4,97,98,99)/t50-,51-,52+,53+,54+,56-,57-,58-,59-,60-,61-,62-,63-,64-,65-,69-,70-,71-,72-,73-,74-,75-/m0/s1. The molecule has 0 aliphatic rings. The van der Waals surface area contributed by atoms with Crippen LogP contribution in [0.5, 0.6) is 0 Å². The van der Waals surface area contributed by atoms with E-state index < -0.39 is 295 Å². The summed E-state index contributed by atoms with van der Waals surface area (Å²) in [6.07, 6.45) is -6.83. The minimum Gasteiger partial charge on any atom is -0.481 e. The third kappa shape index (κ3) is 47.5. The van der Waals surface area contributed by atoms with E-state index in [1.165, 1.54) is 20.8 Å². The van der Waals surface area contributed by atoms with Crippen molar-refractivity contribution in [3.63, 3.8) is 0 Å². The van der Waals surface area contributed by atoms with Gasteiger partial charge in [-0.05, 0) is 144 Å². The highest BCUT2D eigenvalue weighted by Crippen LogP contribution is 2.20. The van der Waals surface area contributed by atoms with Crippen molar-refractivity contribution in [1.29, 1.82) is 0 Å². The number of nitrogens with zero attached hydrogens (tertiary/aromatic N) is 1. The molecule has 33 N–H and O–H groups in total. The zero-order valence-electron chi connectivity index (χ0n) is 85.2. The number of primary amides is 1. The van der Waals surface area contributed by atoms with Crippen LogP contribution in [0.15, 0.2) is 35.3 Å². The van der Waals surface area contributed by atoms with E-state index in [-0.39, 0.29) is 113 Å². The molecule has 142 heavy (non-hydrogen) atoms. The summed E-state index contributed by atoms with van der Waals surface area (Å²) >= 11 is 0. The number of unbranched alkanes of at least 4 members (excludes halogenated alkanes) is 1. The number of hydrogen-bond donors (Lipinski definition) is 28. The average Bonchev–Trinajstić information content (AvgIpc) is 0.842. The number of aliphatic imine (C=N–C) groups is 1. The fourth-order valence-corrected chi connectivity index (χ4v) is 14.4. The number of carbonyl (C=O) groups excluding carboxylic acids is 18. The van der Waals surface area contributed by atoms with Gasteiger partial charge in [0, 0.05) is 19.4 Å². The topological polar surface area (TPSA) is 810 Å². The molecule has 0 spiro atoms. The molecule has 0 heterocycles. The number of carboxylic acid groups (broad SMARTS) is 2. The maximum atomic E-state index is 14.7. The Morgan fingerprint density at radius 3 is 1.06 bits per heavy atom. The van der Waals surface area contributed by atoms with Crippen molar-refractivity contribution >= 4 is 124 Å². The van der Waals surface area contributed by atoms with Crippen LogP contribution < -0.4 is 119 Å². The molecule has 0 radical (unpaired) electrons. The molecule has 1 aromatic rings. The lowest BCUT2D eigenvalue weighted by molar-refractivity contribution is -0.145. The van der Waals surface area contributed by atoms with Crippen molar-refractivity contribution in [2.75, 3.05) is 26.2 Å². The first-order valence-corrected chi connectivity index (χ1v) is 48.3. The highest BCUT2D eigenvalue weighted by molar-refractivity contribution is 6.02. The Morgan fingerprint density at radius 1 is 0.352 bits per heavy atom. The second kappa shape index (κ2) is 65.0. The second-order valence-electron chi connectivity index (χ2n) is 38.4. The molecule has 0 aliphatic carbocycles. The van der Waals surface area contributed by atoms with E-state index in [9.17, 15) is 127 Å². The van der Waals surface area contributed by atoms with Crippen LogP contribution in [0.3, 0.4) is 0 Å². The molecule has 49 nitrogen and oxygen atoms in total. The molecule has 49 heteroatoms. The van der Waals surface area contributed by atoms with Crippen LogP contribution in [0.1, 0.15) is 227 Å². The fourth-order valence-electron chi connectivity index (χ4n) is 14.4. The van der Waals surface area contributed by atoms with Crippen molar-refractivity contribution < 1.29 is 127 Å². The van der Waals surface area contributed by atoms with E-state index >= 15 is 0 Å². The van der Waals surface area contributed by atoms with Gasteiger partial charge < -0.3 is 150 Å². The fraction of sp³-hybridized carbons (Fsp3) is 0.710. The molecule has 0 saturated carbocycles. The largest absolute Gasteiger partial charge is 0.481 e. The molecule has 0 unspecified atom stereocenters. The Balaban J connectivity index is 3.60. The number of nitrogens with two attached hydrogens (primary N) is 5. The summed E-state index contributed by atoms with van der Waals surface area (Å²) in [5.74, 6) is -25.5. The molecule has 1 aromatic carbocycles. The minimum absolute atomic E-state index is 0.0342. The lowest BCUT2D eigenvalue weighted by atomic mass is 9.95. The Morgan fingerprint density at radius 2 is 0.683 bits per heavy atom. The van der Waals surface area contributed by atoms with Gasteiger partial charge in [-0.15, -0.1) is 0 Å². The number of amides is 18. The molecular formula is C93H161N23O26. The number of aliphatic hydroxyl groups is 4. The van der Waals surface area contributed by atoms with Crippen molar-refractivity contribution in [1.82, 2.24) is 90.4 Å². The van der Waals surface area contributed by atoms with E-state index in [1.54, 1.807) is 106 Å². The van der Waals surface area contributed by atoms with E-state index in [4.69, 9.17) is 28.7 Å². The molecule has 0 fully saturated rings. The summed E-state index contributed by atoms with van der Waals surface area (Å²) in [5, 5.41) is 104. The van der Waals surface area contributed by atoms with Gasteiger partial charge in [0.1, 0.15) is 90.6 Å². The first kappa shape index (κ1) is 128. The number of aliphatic hydroxyl groups excluding tert-OH is 4. The maximum Gasteiger partial charge on any atom is 0.328 e. The van der Waals surface area contributed by atoms with Crippen molar-refractivity contribution in [3.8, 4) is 0 Å². The number of carbonyl (C=O) groups is 20. The predicted molar refractivity (Wildman–Crippen MR) is 522 cm³/mol. The van der Waals surface area contributed by atoms with Gasteiger partial charge in [-0.25, -0.2) is 4.79 Å². The summed E-state index contributed by atoms with van der Waals surface area (Å²) in [7, 11) is 0. The molecule has 0 aliphatic heterocycles. The number of benzene rings is 1. The molecule has 1 rings (SSSR count). The number of nitrogens with one attached hydrogen (secondary N) is 17. The van der Waals surface area contributed by atoms with Gasteiger partial charge >= 0.3 is 11.9 Å². The zero-order chi connectivity index (χ0) is 109. The van der Waals surface area contributed by atoms with Crippen LogP contribution >= 0.6 is 0 Å². The zero-order valence-corrected chi connectivity index (χ0v) is 85.2. The quantitative estimate of drug-likeness (QED) is 0.0164. The summed E-state index contributed by atoms with van der Waals surface area (Å²) in [5.41, 5.74) is 28.9. The Labute approximate surface area is 829 Å². The number of rotatable bonds is 68. The third-order valence-corrected chi connectivity index (χ3v) is 23.0. The van der Waals surface area contributed by atoms with Gasteiger partial charge in [-0.1, -0.05) is 154 Å². The van der Waals surface area contributed by atoms with Crippen LogP contribution in [0.2, 0.25) is 0 Å². The van der Waals surface area contributed by atoms with Crippen LogP contribution in [0, 0.1) is 47.3 Å². The summed E-state index contributed by atoms with van der Waals surface area (Å²) in [6.45, 7) is 28.1. The van der Waals surface area contributed by atoms with Crippen molar-refractivity contribution in [3.05, 3.63) is 35.9 Å². The number of carboxylic acids is 2. The highest BCUT2D eigenvalue weighted by atomic mass is 16.4. The van der Waals surface area contributed by atoms with Gasteiger partial charge in [0.05, 0.1) is 43.9 Å². The second-order valence-corrected chi connectivity index (χ2v) is 38.4. The van der Waals surface area contributed by atoms with Crippen LogP contribution in [0.4, 0.5) is 0 Å². The Bertz CT molecular complexity index is 4340. The van der Waals surface area contributed by atoms with E-state index in [0.29, 0.717) is 12.0 Å². The Kier molecular flexibility index (Phi) is 58.4. The van der Waals surface area contributed by atoms with Gasteiger partial charge in [0.15, 0.2) is 12.0 Å². The van der Waals surface area contributed by atoms with Gasteiger partial charge in [-0.3, -0.25) is 96.1 Å². The van der Waals surface area contributed by atoms with Crippen LogP contribution in [-0.2, 0) is 102 Å². The highest BCUT2D eigenvalue weighted by Gasteiger charge is 2.43. The normalized spacial score (nSPS) is 16.1. The average molecular weight is 2020 g/mol. The molecule has 22 atom stereocenters. The number of guanidine groups is 1. The van der Waals surface area contributed by atoms with E-state index in [0.717, 1.165) is 20.8 Å². The van der Waals surface area contributed by atoms with Crippen molar-refractivity contribution in [2.24, 2.45) is 81.0 Å². The SMILES string of the molecule is CC[C@H](C)[C@H](NC(=O)[C@H](CC(N)=O)NC(=O)CNC(=O)[C@H](CO)NC(=O)[C@@H](NC(=O)[C@@H](NC(=O)[C@H](Cc1ccccc1)NC(=O)[C@H](CCC(=O)O)NC(=O)[C@H](CCCCN)NC(=O)[C@H](CC(C)C)NC(=O)[C@H](CC(C)C)NC(=O)[C@@H](N)C(C)C)[C@@H](C)O)C(C)C)C(=O)N[C@@H](CC(C)C)C(=O)N[C@H](C(=O)N[C@H](C(=O)N[C@@H](CCCN=C(N)N)C(=O)N[C@@H](CC(C)C)C(=O)N[C@H](C(=O)O)[C@@H](C)O)[C@@H](C)CC)[C@@H](C)O. The summed E-state index contributed by atoms with van der Waals surface area (Å²) in [6, 6.07) is -18.8. The molecule has 0 saturated heterocycles. The van der Waals surface area contributed by atoms with E-state index in [1.807, 2.05) is 13.8 Å². The van der Waals surface area contributed by atoms with Crippen molar-refractivity contribution in [2.45, 2.75) is 349 Å². The smallest absolute Gasteiger partial charge is 0.328 e. The first-order valence-electron chi connectivity index (χ1n) is 48.3. The van der Waals surface area contributed by atoms with Crippen LogP contribution in [-0.4, -0.2) is 302 Å². The minimum atomic E-state index is -1.96. The first-order chi connectivity index (χ1) is 66.2. The lowest BCUT2D eigenvalue weighted by Crippen LogP contribution is -2.63. The number of aliphatic carboxylic acids is 2. The number of hydrogen-bond acceptors (Lipinski definition) is 27. The van der Waals surface area contributed by atoms with Gasteiger partial charge in [0.2, 0.25) is 106 Å². The maximum absolute atomic E-state index is 14.7. The predicted octanol–water partition coefficient (Wildman–Crippen LogP) is -5.84. The lowest BCUT2D eigenvalue weighted by Gasteiger charge is -2.31.